The Morgan fingerprint density at radius 1 is 1.29 bits per heavy atom. The summed E-state index contributed by atoms with van der Waals surface area (Å²) in [5.74, 6) is 0.0745. The molecule has 0 bridgehead atoms. The van der Waals surface area contributed by atoms with Crippen molar-refractivity contribution in [3.63, 3.8) is 0 Å². The van der Waals surface area contributed by atoms with Gasteiger partial charge in [-0.3, -0.25) is 10.1 Å². The lowest BCUT2D eigenvalue weighted by Crippen LogP contribution is -2.41. The molecule has 2 aliphatic rings. The van der Waals surface area contributed by atoms with Crippen LogP contribution < -0.4 is 0 Å². The zero-order valence-corrected chi connectivity index (χ0v) is 14.5. The molecule has 0 aromatic rings. The first kappa shape index (κ1) is 18.7. The van der Waals surface area contributed by atoms with E-state index in [1.807, 2.05) is 20.8 Å². The number of amides is 1. The van der Waals surface area contributed by atoms with Crippen molar-refractivity contribution in [1.29, 1.82) is 0 Å². The molecule has 8 heteroatoms. The molecule has 0 unspecified atom stereocenters. The number of rotatable bonds is 4. The van der Waals surface area contributed by atoms with Gasteiger partial charge in [0.2, 0.25) is 5.70 Å². The van der Waals surface area contributed by atoms with E-state index in [1.165, 1.54) is 0 Å². The van der Waals surface area contributed by atoms with E-state index in [0.29, 0.717) is 39.1 Å². The Kier molecular flexibility index (Phi) is 6.17. The van der Waals surface area contributed by atoms with Gasteiger partial charge in [-0.15, -0.1) is 0 Å². The maximum absolute atomic E-state index is 12.0. The van der Waals surface area contributed by atoms with Gasteiger partial charge in [-0.1, -0.05) is 0 Å². The van der Waals surface area contributed by atoms with Crippen molar-refractivity contribution in [1.82, 2.24) is 4.90 Å². The second kappa shape index (κ2) is 7.94. The molecule has 0 saturated carbocycles. The van der Waals surface area contributed by atoms with Crippen LogP contribution in [-0.4, -0.2) is 54.1 Å². The highest BCUT2D eigenvalue weighted by atomic mass is 16.7. The number of carbonyl (C=O) groups excluding carboxylic acids is 1. The summed E-state index contributed by atoms with van der Waals surface area (Å²) in [5, 5.41) is 11.2. The van der Waals surface area contributed by atoms with Gasteiger partial charge in [-0.2, -0.15) is 0 Å². The second-order valence-corrected chi connectivity index (χ2v) is 7.10. The van der Waals surface area contributed by atoms with Gasteiger partial charge in [-0.25, -0.2) is 4.79 Å². The van der Waals surface area contributed by atoms with Crippen molar-refractivity contribution in [3.05, 3.63) is 21.9 Å². The zero-order chi connectivity index (χ0) is 17.7. The fourth-order valence-corrected chi connectivity index (χ4v) is 2.75. The topological polar surface area (TPSA) is 91.1 Å². The fraction of sp³-hybridized carbons (Fsp3) is 0.812. The first-order valence-electron chi connectivity index (χ1n) is 8.31. The predicted octanol–water partition coefficient (Wildman–Crippen LogP) is 2.56. The van der Waals surface area contributed by atoms with Crippen LogP contribution in [0.2, 0.25) is 0 Å². The van der Waals surface area contributed by atoms with E-state index in [9.17, 15) is 14.9 Å². The van der Waals surface area contributed by atoms with Crippen LogP contribution in [0.5, 0.6) is 0 Å². The van der Waals surface area contributed by atoms with Crippen LogP contribution in [0.15, 0.2) is 11.8 Å². The number of allylic oxidation sites excluding steroid dienone is 1. The molecular weight excluding hydrogens is 316 g/mol. The summed E-state index contributed by atoms with van der Waals surface area (Å²) in [5.41, 5.74) is -0.397. The maximum Gasteiger partial charge on any atom is 0.410 e. The molecule has 2 aliphatic heterocycles. The Labute approximate surface area is 141 Å². The summed E-state index contributed by atoms with van der Waals surface area (Å²) in [6, 6.07) is 0. The Morgan fingerprint density at radius 3 is 2.38 bits per heavy atom. The van der Waals surface area contributed by atoms with Crippen LogP contribution in [-0.2, 0) is 14.2 Å². The minimum Gasteiger partial charge on any atom is -0.444 e. The minimum atomic E-state index is -0.525. The Morgan fingerprint density at radius 2 is 1.88 bits per heavy atom. The van der Waals surface area contributed by atoms with Crippen molar-refractivity contribution in [2.24, 2.45) is 5.92 Å². The Balaban J connectivity index is 1.87. The van der Waals surface area contributed by atoms with Gasteiger partial charge in [0.05, 0.1) is 24.6 Å². The van der Waals surface area contributed by atoms with Gasteiger partial charge in [0.1, 0.15) is 5.60 Å². The van der Waals surface area contributed by atoms with Crippen molar-refractivity contribution in [2.45, 2.75) is 51.9 Å². The van der Waals surface area contributed by atoms with Gasteiger partial charge >= 0.3 is 6.09 Å². The van der Waals surface area contributed by atoms with Crippen molar-refractivity contribution < 1.29 is 23.9 Å². The van der Waals surface area contributed by atoms with E-state index < -0.39 is 11.9 Å². The molecule has 0 aliphatic carbocycles. The summed E-state index contributed by atoms with van der Waals surface area (Å²) < 4.78 is 15.9. The third-order valence-corrected chi connectivity index (χ3v) is 3.92. The summed E-state index contributed by atoms with van der Waals surface area (Å²) in [4.78, 5) is 24.5. The molecule has 2 rings (SSSR count). The first-order chi connectivity index (χ1) is 11.2. The number of hydrogen-bond acceptors (Lipinski definition) is 6. The monoisotopic (exact) mass is 342 g/mol. The average molecular weight is 342 g/mol. The summed E-state index contributed by atoms with van der Waals surface area (Å²) in [6.07, 6.45) is 2.36. The van der Waals surface area contributed by atoms with Crippen LogP contribution in [0.25, 0.3) is 0 Å². The molecule has 8 nitrogen and oxygen atoms in total. The molecule has 24 heavy (non-hydrogen) atoms. The number of carbonyl (C=O) groups is 1. The normalized spacial score (nSPS) is 21.1. The van der Waals surface area contributed by atoms with Crippen molar-refractivity contribution >= 4 is 6.09 Å². The third-order valence-electron chi connectivity index (χ3n) is 3.92. The summed E-state index contributed by atoms with van der Waals surface area (Å²) in [6.45, 7) is 7.52. The molecule has 2 fully saturated rings. The Hall–Kier alpha value is -1.67. The van der Waals surface area contributed by atoms with E-state index in [-0.39, 0.29) is 29.1 Å². The first-order valence-corrected chi connectivity index (χ1v) is 8.31. The van der Waals surface area contributed by atoms with E-state index >= 15 is 0 Å². The molecule has 0 atom stereocenters. The number of likely N-dealkylation sites (tertiary alicyclic amines) is 1. The van der Waals surface area contributed by atoms with Gasteiger partial charge in [0.25, 0.3) is 0 Å². The molecular formula is C16H26N2O6. The van der Waals surface area contributed by atoms with Crippen LogP contribution in [0.1, 0.15) is 40.0 Å². The van der Waals surface area contributed by atoms with E-state index in [4.69, 9.17) is 14.2 Å². The molecule has 2 heterocycles. The van der Waals surface area contributed by atoms with Crippen LogP contribution in [0.3, 0.4) is 0 Å². The van der Waals surface area contributed by atoms with Crippen LogP contribution in [0, 0.1) is 16.0 Å². The maximum atomic E-state index is 12.0. The van der Waals surface area contributed by atoms with E-state index in [0.717, 1.165) is 0 Å². The summed E-state index contributed by atoms with van der Waals surface area (Å²) >= 11 is 0. The number of hydrogen-bond donors (Lipinski definition) is 0. The van der Waals surface area contributed by atoms with Crippen molar-refractivity contribution in [3.8, 4) is 0 Å². The quantitative estimate of drug-likeness (QED) is 0.576. The van der Waals surface area contributed by atoms with E-state index in [1.54, 1.807) is 11.0 Å². The Bertz CT molecular complexity index is 485. The molecule has 0 spiro atoms. The molecule has 0 aromatic heterocycles. The highest BCUT2D eigenvalue weighted by Gasteiger charge is 2.29. The smallest absolute Gasteiger partial charge is 0.410 e. The predicted molar refractivity (Wildman–Crippen MR) is 85.9 cm³/mol. The SMILES string of the molecule is CC(C)(C)OC(=O)N1CCC(/C=C(/CC2OCCO2)[N+](=O)[O-])CC1. The number of nitrogens with zero attached hydrogens (tertiary/aromatic N) is 2. The minimum absolute atomic E-state index is 0.0745. The molecule has 136 valence electrons. The van der Waals surface area contributed by atoms with Gasteiger partial charge in [0, 0.05) is 13.1 Å². The van der Waals surface area contributed by atoms with Gasteiger partial charge in [0.15, 0.2) is 6.29 Å². The van der Waals surface area contributed by atoms with Gasteiger partial charge in [-0.05, 0) is 45.6 Å². The lowest BCUT2D eigenvalue weighted by atomic mass is 9.95. The molecule has 0 aromatic carbocycles. The number of piperidine rings is 1. The van der Waals surface area contributed by atoms with Gasteiger partial charge < -0.3 is 19.1 Å². The fourth-order valence-electron chi connectivity index (χ4n) is 2.75. The lowest BCUT2D eigenvalue weighted by molar-refractivity contribution is -0.431. The average Bonchev–Trinajstić information content (AvgIpc) is 2.98. The standard InChI is InChI=1S/C16H26N2O6/c1-16(2,3)24-15(19)17-6-4-12(5-7-17)10-13(18(20)21)11-14-22-8-9-23-14/h10,12,14H,4-9,11H2,1-3H3/b13-10-. The number of ether oxygens (including phenoxy) is 3. The highest BCUT2D eigenvalue weighted by Crippen LogP contribution is 2.24. The number of nitro groups is 1. The highest BCUT2D eigenvalue weighted by molar-refractivity contribution is 5.68. The molecule has 1 amide bonds. The molecule has 0 radical (unpaired) electrons. The van der Waals surface area contributed by atoms with Crippen LogP contribution in [0.4, 0.5) is 4.79 Å². The van der Waals surface area contributed by atoms with Crippen molar-refractivity contribution in [2.75, 3.05) is 26.3 Å². The second-order valence-electron chi connectivity index (χ2n) is 7.10. The zero-order valence-electron chi connectivity index (χ0n) is 14.5. The van der Waals surface area contributed by atoms with E-state index in [2.05, 4.69) is 0 Å². The third kappa shape index (κ3) is 5.76. The lowest BCUT2D eigenvalue weighted by Gasteiger charge is -2.32. The molecule has 2 saturated heterocycles. The largest absolute Gasteiger partial charge is 0.444 e. The van der Waals surface area contributed by atoms with Crippen LogP contribution >= 0.6 is 0 Å². The summed E-state index contributed by atoms with van der Waals surface area (Å²) in [7, 11) is 0. The molecule has 0 N–H and O–H groups in total.